The Morgan fingerprint density at radius 2 is 2.00 bits per heavy atom. The van der Waals surface area contributed by atoms with Crippen molar-refractivity contribution >= 4 is 68.1 Å². The molecular formula is C22H22BrClN4O2S. The SMILES string of the molecule is O=C(CCCN1C(=O)C2C=C(Br)C=CC2=NC1=S)N1CCN(c2cccc(Cl)c2)CC1. The summed E-state index contributed by atoms with van der Waals surface area (Å²) in [6.07, 6.45) is 6.43. The number of fused-ring (bicyclic) bond motifs is 1. The van der Waals surface area contributed by atoms with Crippen molar-refractivity contribution in [3.05, 3.63) is 52.0 Å². The van der Waals surface area contributed by atoms with Crippen molar-refractivity contribution in [2.45, 2.75) is 12.8 Å². The molecule has 0 aromatic heterocycles. The Labute approximate surface area is 200 Å². The standard InChI is InChI=1S/C22H22BrClN4O2S/c23-15-6-7-19-18(13-15)21(30)28(22(31)25-19)8-2-5-20(29)27-11-9-26(10-12-27)17-4-1-3-16(24)14-17/h1,3-4,6-7,13-14,18H,2,5,8-12H2. The lowest BCUT2D eigenvalue weighted by molar-refractivity contribution is -0.132. The summed E-state index contributed by atoms with van der Waals surface area (Å²) in [5, 5.41) is 0.986. The van der Waals surface area contributed by atoms with Gasteiger partial charge in [0.25, 0.3) is 0 Å². The Morgan fingerprint density at radius 3 is 2.74 bits per heavy atom. The molecule has 1 saturated heterocycles. The average molecular weight is 522 g/mol. The number of aliphatic imine (C=N–C) groups is 1. The summed E-state index contributed by atoms with van der Waals surface area (Å²) in [5.41, 5.74) is 1.75. The molecule has 0 N–H and O–H groups in total. The molecule has 0 radical (unpaired) electrons. The Balaban J connectivity index is 1.26. The highest BCUT2D eigenvalue weighted by atomic mass is 79.9. The maximum atomic E-state index is 12.8. The molecule has 6 nitrogen and oxygen atoms in total. The van der Waals surface area contributed by atoms with Crippen LogP contribution < -0.4 is 4.90 Å². The summed E-state index contributed by atoms with van der Waals surface area (Å²) in [6.45, 7) is 3.29. The van der Waals surface area contributed by atoms with E-state index in [1.807, 2.05) is 47.4 Å². The number of carbonyl (C=O) groups excluding carboxylic acids is 2. The zero-order valence-corrected chi connectivity index (χ0v) is 20.0. The minimum atomic E-state index is -0.415. The van der Waals surface area contributed by atoms with E-state index in [9.17, 15) is 9.59 Å². The van der Waals surface area contributed by atoms with Crippen LogP contribution in [0, 0.1) is 5.92 Å². The van der Waals surface area contributed by atoms with Crippen LogP contribution in [-0.2, 0) is 9.59 Å². The van der Waals surface area contributed by atoms with Gasteiger partial charge in [-0.15, -0.1) is 0 Å². The Kier molecular flexibility index (Phi) is 6.89. The summed E-state index contributed by atoms with van der Waals surface area (Å²) in [7, 11) is 0. The number of benzene rings is 1. The third kappa shape index (κ3) is 5.07. The molecule has 0 bridgehead atoms. The van der Waals surface area contributed by atoms with Crippen LogP contribution in [0.1, 0.15) is 12.8 Å². The number of anilines is 1. The monoisotopic (exact) mass is 520 g/mol. The molecule has 9 heteroatoms. The highest BCUT2D eigenvalue weighted by Gasteiger charge is 2.34. The number of thiocarbonyl (C=S) groups is 1. The highest BCUT2D eigenvalue weighted by molar-refractivity contribution is 9.11. The minimum Gasteiger partial charge on any atom is -0.368 e. The van der Waals surface area contributed by atoms with E-state index in [2.05, 4.69) is 25.8 Å². The fourth-order valence-corrected chi connectivity index (χ4v) is 4.81. The van der Waals surface area contributed by atoms with Crippen LogP contribution in [0.3, 0.4) is 0 Å². The smallest absolute Gasteiger partial charge is 0.241 e. The van der Waals surface area contributed by atoms with Gasteiger partial charge in [0.05, 0.1) is 5.71 Å². The molecule has 1 aromatic carbocycles. The largest absolute Gasteiger partial charge is 0.368 e. The van der Waals surface area contributed by atoms with Crippen molar-refractivity contribution in [2.24, 2.45) is 10.9 Å². The van der Waals surface area contributed by atoms with E-state index in [1.165, 1.54) is 4.90 Å². The fourth-order valence-electron chi connectivity index (χ4n) is 3.95. The topological polar surface area (TPSA) is 56.2 Å². The maximum Gasteiger partial charge on any atom is 0.241 e. The van der Waals surface area contributed by atoms with Crippen LogP contribution in [0.2, 0.25) is 5.02 Å². The van der Waals surface area contributed by atoms with Gasteiger partial charge in [0.2, 0.25) is 16.9 Å². The molecular weight excluding hydrogens is 500 g/mol. The van der Waals surface area contributed by atoms with E-state index in [-0.39, 0.29) is 16.9 Å². The van der Waals surface area contributed by atoms with Gasteiger partial charge in [-0.2, -0.15) is 0 Å². The van der Waals surface area contributed by atoms with Gasteiger partial charge in [-0.25, -0.2) is 4.99 Å². The van der Waals surface area contributed by atoms with Crippen LogP contribution in [0.25, 0.3) is 0 Å². The molecule has 0 saturated carbocycles. The van der Waals surface area contributed by atoms with Crippen LogP contribution in [0.5, 0.6) is 0 Å². The van der Waals surface area contributed by atoms with E-state index in [4.69, 9.17) is 23.8 Å². The molecule has 1 aromatic rings. The number of nitrogens with zero attached hydrogens (tertiary/aromatic N) is 4. The summed E-state index contributed by atoms with van der Waals surface area (Å²) < 4.78 is 0.852. The number of rotatable bonds is 5. The highest BCUT2D eigenvalue weighted by Crippen LogP contribution is 2.25. The van der Waals surface area contributed by atoms with Crippen molar-refractivity contribution in [2.75, 3.05) is 37.6 Å². The number of allylic oxidation sites excluding steroid dienone is 3. The molecule has 2 aliphatic heterocycles. The molecule has 2 amide bonds. The fraction of sp³-hybridized carbons (Fsp3) is 0.364. The number of hydrogen-bond acceptors (Lipinski definition) is 4. The zero-order chi connectivity index (χ0) is 22.0. The van der Waals surface area contributed by atoms with Crippen molar-refractivity contribution in [3.63, 3.8) is 0 Å². The third-order valence-corrected chi connectivity index (χ3v) is 6.70. The van der Waals surface area contributed by atoms with E-state index in [1.54, 1.807) is 0 Å². The van der Waals surface area contributed by atoms with Gasteiger partial charge in [-0.1, -0.05) is 39.7 Å². The van der Waals surface area contributed by atoms with Gasteiger partial charge < -0.3 is 9.80 Å². The first-order valence-electron chi connectivity index (χ1n) is 10.2. The van der Waals surface area contributed by atoms with Gasteiger partial charge in [-0.3, -0.25) is 14.5 Å². The van der Waals surface area contributed by atoms with Gasteiger partial charge in [0.15, 0.2) is 0 Å². The van der Waals surface area contributed by atoms with Crippen LogP contribution in [0.4, 0.5) is 5.69 Å². The predicted octanol–water partition coefficient (Wildman–Crippen LogP) is 3.80. The third-order valence-electron chi connectivity index (χ3n) is 5.62. The normalized spacial score (nSPS) is 21.1. The van der Waals surface area contributed by atoms with E-state index in [0.717, 1.165) is 23.3 Å². The number of halogens is 2. The predicted molar refractivity (Wildman–Crippen MR) is 131 cm³/mol. The second-order valence-corrected chi connectivity index (χ2v) is 9.34. The number of carbonyl (C=O) groups is 2. The summed E-state index contributed by atoms with van der Waals surface area (Å²) in [4.78, 5) is 35.5. The number of piperazine rings is 1. The molecule has 1 fully saturated rings. The van der Waals surface area contributed by atoms with Crippen LogP contribution in [-0.4, -0.2) is 65.2 Å². The average Bonchev–Trinajstić information content (AvgIpc) is 2.76. The van der Waals surface area contributed by atoms with Crippen molar-refractivity contribution in [3.8, 4) is 0 Å². The van der Waals surface area contributed by atoms with E-state index in [0.29, 0.717) is 43.2 Å². The van der Waals surface area contributed by atoms with Crippen LogP contribution >= 0.6 is 39.7 Å². The second kappa shape index (κ2) is 9.63. The Bertz CT molecular complexity index is 1000. The molecule has 1 aliphatic carbocycles. The molecule has 1 unspecified atom stereocenters. The lowest BCUT2D eigenvalue weighted by atomic mass is 9.95. The quantitative estimate of drug-likeness (QED) is 0.553. The first kappa shape index (κ1) is 22.2. The van der Waals surface area contributed by atoms with Gasteiger partial charge >= 0.3 is 0 Å². The van der Waals surface area contributed by atoms with E-state index >= 15 is 0 Å². The molecule has 2 heterocycles. The van der Waals surface area contributed by atoms with Crippen molar-refractivity contribution in [1.82, 2.24) is 9.80 Å². The maximum absolute atomic E-state index is 12.8. The zero-order valence-electron chi connectivity index (χ0n) is 16.8. The molecule has 162 valence electrons. The van der Waals surface area contributed by atoms with Crippen LogP contribution in [0.15, 0.2) is 52.0 Å². The first-order chi connectivity index (χ1) is 14.9. The number of amides is 2. The van der Waals surface area contributed by atoms with Gasteiger partial charge in [0.1, 0.15) is 5.92 Å². The van der Waals surface area contributed by atoms with E-state index < -0.39 is 5.92 Å². The minimum absolute atomic E-state index is 0.0844. The Morgan fingerprint density at radius 1 is 1.23 bits per heavy atom. The number of hydrogen-bond donors (Lipinski definition) is 0. The van der Waals surface area contributed by atoms with Gasteiger partial charge in [0, 0.05) is 54.3 Å². The summed E-state index contributed by atoms with van der Waals surface area (Å²) in [5.74, 6) is -0.395. The second-order valence-electron chi connectivity index (χ2n) is 7.62. The molecule has 0 spiro atoms. The first-order valence-corrected chi connectivity index (χ1v) is 11.8. The molecule has 31 heavy (non-hydrogen) atoms. The lowest BCUT2D eigenvalue weighted by Crippen LogP contribution is -2.49. The van der Waals surface area contributed by atoms with Crippen molar-refractivity contribution in [1.29, 1.82) is 0 Å². The summed E-state index contributed by atoms with van der Waals surface area (Å²) >= 11 is 14.8. The van der Waals surface area contributed by atoms with Crippen molar-refractivity contribution < 1.29 is 9.59 Å². The molecule has 4 rings (SSSR count). The van der Waals surface area contributed by atoms with Gasteiger partial charge in [-0.05, 0) is 49.0 Å². The Hall–Kier alpha value is -2.03. The summed E-state index contributed by atoms with van der Waals surface area (Å²) in [6, 6.07) is 7.77. The molecule has 1 atom stereocenters. The lowest BCUT2D eigenvalue weighted by Gasteiger charge is -2.36. The molecule has 3 aliphatic rings.